The van der Waals surface area contributed by atoms with Gasteiger partial charge in [0.15, 0.2) is 0 Å². The molecule has 1 rings (SSSR count). The zero-order chi connectivity index (χ0) is 14.6. The van der Waals surface area contributed by atoms with Crippen molar-refractivity contribution in [2.45, 2.75) is 72.8 Å². The largest absolute Gasteiger partial charge is 0.442 e. The van der Waals surface area contributed by atoms with Crippen molar-refractivity contribution in [3.8, 4) is 0 Å². The van der Waals surface area contributed by atoms with Gasteiger partial charge in [0.25, 0.3) is 0 Å². The molecule has 0 saturated heterocycles. The second-order valence-electron chi connectivity index (χ2n) is 6.00. The summed E-state index contributed by atoms with van der Waals surface area (Å²) < 4.78 is 6.75. The first-order valence-electron chi connectivity index (χ1n) is 7.04. The molecule has 0 aliphatic carbocycles. The molecule has 0 aliphatic heterocycles. The van der Waals surface area contributed by atoms with Gasteiger partial charge < -0.3 is 4.74 Å². The summed E-state index contributed by atoms with van der Waals surface area (Å²) >= 11 is 0. The Hall–Kier alpha value is -1.32. The second-order valence-corrected chi connectivity index (χ2v) is 6.00. The van der Waals surface area contributed by atoms with Gasteiger partial charge in [0.2, 0.25) is 0 Å². The van der Waals surface area contributed by atoms with Crippen LogP contribution >= 0.6 is 0 Å². The average Bonchev–Trinajstić information content (AvgIpc) is 2.54. The van der Waals surface area contributed by atoms with E-state index in [0.29, 0.717) is 0 Å². The molecule has 19 heavy (non-hydrogen) atoms. The highest BCUT2D eigenvalue weighted by molar-refractivity contribution is 5.71. The summed E-state index contributed by atoms with van der Waals surface area (Å²) in [5, 5.41) is 4.32. The Labute approximate surface area is 116 Å². The number of aryl methyl sites for hydroxylation is 1. The number of nitrogens with zero attached hydrogens (tertiary/aromatic N) is 2. The number of unbranched alkanes of at least 4 members (excludes halogenated alkanes) is 2. The minimum Gasteiger partial charge on any atom is -0.442 e. The van der Waals surface area contributed by atoms with Crippen LogP contribution in [0.3, 0.4) is 0 Å². The number of hydrogen-bond acceptors (Lipinski definition) is 3. The van der Waals surface area contributed by atoms with Crippen LogP contribution in [0.25, 0.3) is 0 Å². The van der Waals surface area contributed by atoms with E-state index < -0.39 is 11.7 Å². The zero-order valence-corrected chi connectivity index (χ0v) is 13.0. The highest BCUT2D eigenvalue weighted by atomic mass is 16.6. The van der Waals surface area contributed by atoms with Gasteiger partial charge >= 0.3 is 6.09 Å². The molecule has 4 nitrogen and oxygen atoms in total. The first-order valence-corrected chi connectivity index (χ1v) is 7.04. The fraction of sp³-hybridized carbons (Fsp3) is 0.733. The summed E-state index contributed by atoms with van der Waals surface area (Å²) in [6.45, 7) is 11.7. The van der Waals surface area contributed by atoms with Gasteiger partial charge in [0.1, 0.15) is 5.60 Å². The zero-order valence-electron chi connectivity index (χ0n) is 13.0. The topological polar surface area (TPSA) is 44.1 Å². The third kappa shape index (κ3) is 4.37. The summed E-state index contributed by atoms with van der Waals surface area (Å²) in [7, 11) is 0. The second kappa shape index (κ2) is 6.22. The van der Waals surface area contributed by atoms with Crippen molar-refractivity contribution in [3.63, 3.8) is 0 Å². The molecule has 0 amide bonds. The van der Waals surface area contributed by atoms with Crippen LogP contribution in [-0.4, -0.2) is 21.5 Å². The SMILES string of the molecule is CCCCCc1c(C)nn(C(=O)OC(C)(C)C)c1C. The lowest BCUT2D eigenvalue weighted by molar-refractivity contribution is 0.0510. The van der Waals surface area contributed by atoms with Gasteiger partial charge in [-0.1, -0.05) is 19.8 Å². The predicted octanol–water partition coefficient (Wildman–Crippen LogP) is 4.02. The van der Waals surface area contributed by atoms with Crippen LogP contribution in [0.4, 0.5) is 4.79 Å². The Kier molecular flexibility index (Phi) is 5.15. The van der Waals surface area contributed by atoms with Crippen molar-refractivity contribution < 1.29 is 9.53 Å². The van der Waals surface area contributed by atoms with Gasteiger partial charge in [-0.25, -0.2) is 4.79 Å². The molecule has 0 atom stereocenters. The molecule has 0 bridgehead atoms. The van der Waals surface area contributed by atoms with E-state index >= 15 is 0 Å². The number of carbonyl (C=O) groups excluding carboxylic acids is 1. The highest BCUT2D eigenvalue weighted by Gasteiger charge is 2.22. The molecular formula is C15H26N2O2. The summed E-state index contributed by atoms with van der Waals surface area (Å²) in [6, 6.07) is 0. The van der Waals surface area contributed by atoms with Crippen LogP contribution in [-0.2, 0) is 11.2 Å². The van der Waals surface area contributed by atoms with Crippen LogP contribution in [0.2, 0.25) is 0 Å². The van der Waals surface area contributed by atoms with Gasteiger partial charge in [-0.3, -0.25) is 0 Å². The van der Waals surface area contributed by atoms with E-state index in [0.717, 1.165) is 24.2 Å². The number of carbonyl (C=O) groups is 1. The molecule has 0 unspecified atom stereocenters. The third-order valence-corrected chi connectivity index (χ3v) is 3.04. The third-order valence-electron chi connectivity index (χ3n) is 3.04. The standard InChI is InChI=1S/C15H26N2O2/c1-7-8-9-10-13-11(2)16-17(12(13)3)14(18)19-15(4,5)6/h7-10H2,1-6H3. The smallest absolute Gasteiger partial charge is 0.435 e. The molecule has 1 heterocycles. The van der Waals surface area contributed by atoms with Crippen LogP contribution < -0.4 is 0 Å². The normalized spacial score (nSPS) is 11.7. The molecule has 1 aromatic rings. The molecule has 0 saturated carbocycles. The van der Waals surface area contributed by atoms with Gasteiger partial charge in [-0.05, 0) is 53.0 Å². The lowest BCUT2D eigenvalue weighted by Gasteiger charge is -2.19. The van der Waals surface area contributed by atoms with E-state index in [2.05, 4.69) is 12.0 Å². The number of aromatic nitrogens is 2. The van der Waals surface area contributed by atoms with E-state index in [1.54, 1.807) is 0 Å². The lowest BCUT2D eigenvalue weighted by Crippen LogP contribution is -2.28. The Morgan fingerprint density at radius 2 is 1.89 bits per heavy atom. The molecule has 108 valence electrons. The van der Waals surface area contributed by atoms with Gasteiger partial charge in [-0.15, -0.1) is 0 Å². The maximum absolute atomic E-state index is 12.1. The number of ether oxygens (including phenoxy) is 1. The first-order chi connectivity index (χ1) is 8.76. The molecule has 4 heteroatoms. The molecule has 0 aliphatic rings. The van der Waals surface area contributed by atoms with E-state index in [1.807, 2.05) is 34.6 Å². The first kappa shape index (κ1) is 15.7. The number of rotatable bonds is 4. The summed E-state index contributed by atoms with van der Waals surface area (Å²) in [4.78, 5) is 12.1. The molecule has 0 radical (unpaired) electrons. The van der Waals surface area contributed by atoms with Gasteiger partial charge in [-0.2, -0.15) is 9.78 Å². The Bertz CT molecular complexity index is 442. The van der Waals surface area contributed by atoms with Crippen molar-refractivity contribution in [1.29, 1.82) is 0 Å². The van der Waals surface area contributed by atoms with Gasteiger partial charge in [0.05, 0.1) is 11.4 Å². The Morgan fingerprint density at radius 1 is 1.26 bits per heavy atom. The average molecular weight is 266 g/mol. The maximum Gasteiger partial charge on any atom is 0.435 e. The van der Waals surface area contributed by atoms with E-state index in [4.69, 9.17) is 4.74 Å². The fourth-order valence-corrected chi connectivity index (χ4v) is 2.07. The van der Waals surface area contributed by atoms with Crippen molar-refractivity contribution in [3.05, 3.63) is 17.0 Å². The minimum atomic E-state index is -0.494. The predicted molar refractivity (Wildman–Crippen MR) is 76.6 cm³/mol. The molecule has 0 fully saturated rings. The fourth-order valence-electron chi connectivity index (χ4n) is 2.07. The maximum atomic E-state index is 12.1. The van der Waals surface area contributed by atoms with Crippen molar-refractivity contribution in [2.75, 3.05) is 0 Å². The quantitative estimate of drug-likeness (QED) is 0.773. The monoisotopic (exact) mass is 266 g/mol. The van der Waals surface area contributed by atoms with Crippen molar-refractivity contribution in [2.24, 2.45) is 0 Å². The molecule has 1 aromatic heterocycles. The van der Waals surface area contributed by atoms with Crippen LogP contribution in [0.5, 0.6) is 0 Å². The van der Waals surface area contributed by atoms with E-state index in [9.17, 15) is 4.79 Å². The summed E-state index contributed by atoms with van der Waals surface area (Å²) in [5.41, 5.74) is 2.52. The minimum absolute atomic E-state index is 0.394. The molecule has 0 aromatic carbocycles. The van der Waals surface area contributed by atoms with E-state index in [-0.39, 0.29) is 0 Å². The van der Waals surface area contributed by atoms with Crippen LogP contribution in [0.1, 0.15) is 63.9 Å². The number of hydrogen-bond donors (Lipinski definition) is 0. The van der Waals surface area contributed by atoms with Crippen LogP contribution in [0, 0.1) is 13.8 Å². The Balaban J connectivity index is 2.86. The molecule has 0 N–H and O–H groups in total. The molecule has 0 spiro atoms. The summed E-state index contributed by atoms with van der Waals surface area (Å²) in [5.74, 6) is 0. The molecular weight excluding hydrogens is 240 g/mol. The van der Waals surface area contributed by atoms with Crippen LogP contribution in [0.15, 0.2) is 0 Å². The van der Waals surface area contributed by atoms with Gasteiger partial charge in [0, 0.05) is 0 Å². The van der Waals surface area contributed by atoms with Crippen molar-refractivity contribution >= 4 is 6.09 Å². The summed E-state index contributed by atoms with van der Waals surface area (Å²) in [6.07, 6.45) is 4.12. The highest BCUT2D eigenvalue weighted by Crippen LogP contribution is 2.18. The van der Waals surface area contributed by atoms with E-state index in [1.165, 1.54) is 23.1 Å². The van der Waals surface area contributed by atoms with Crippen molar-refractivity contribution in [1.82, 2.24) is 9.78 Å². The lowest BCUT2D eigenvalue weighted by atomic mass is 10.1. The Morgan fingerprint density at radius 3 is 2.42 bits per heavy atom.